The molecule has 0 radical (unpaired) electrons. The molecular formula is C18H22N4O3. The number of carbonyl (C=O) groups is 2. The van der Waals surface area contributed by atoms with E-state index >= 15 is 0 Å². The van der Waals surface area contributed by atoms with E-state index in [1.807, 2.05) is 20.8 Å². The molecule has 1 aromatic carbocycles. The fourth-order valence-corrected chi connectivity index (χ4v) is 2.78. The maximum Gasteiger partial charge on any atom is 0.249 e. The molecule has 1 saturated heterocycles. The lowest BCUT2D eigenvalue weighted by molar-refractivity contribution is -0.120. The highest BCUT2D eigenvalue weighted by Crippen LogP contribution is 2.29. The lowest BCUT2D eigenvalue weighted by Gasteiger charge is -2.23. The summed E-state index contributed by atoms with van der Waals surface area (Å²) in [5.74, 6) is -0.0938. The molecule has 2 heterocycles. The summed E-state index contributed by atoms with van der Waals surface area (Å²) in [4.78, 5) is 26.4. The number of nitrogen functional groups attached to an aromatic ring is 1. The minimum Gasteiger partial charge on any atom is -0.399 e. The maximum absolute atomic E-state index is 12.7. The standard InChI is InChI=1S/C18H22N4O3/c1-18(2,3)14-10-15(25-21-14)20-17(24)13-8-9-16(23)22(13)12-6-4-11(19)5-7-12/h4-7,10,13H,8-9,19H2,1-3H3,(H,20,24)/t13-/m0/s1. The van der Waals surface area contributed by atoms with E-state index in [1.54, 1.807) is 30.3 Å². The van der Waals surface area contributed by atoms with Crippen molar-refractivity contribution in [2.24, 2.45) is 0 Å². The van der Waals surface area contributed by atoms with Gasteiger partial charge in [-0.3, -0.25) is 19.8 Å². The first-order valence-electron chi connectivity index (χ1n) is 8.21. The van der Waals surface area contributed by atoms with Crippen LogP contribution in [-0.2, 0) is 15.0 Å². The van der Waals surface area contributed by atoms with Crippen molar-refractivity contribution < 1.29 is 14.1 Å². The van der Waals surface area contributed by atoms with Crippen molar-refractivity contribution in [1.29, 1.82) is 0 Å². The molecule has 7 nitrogen and oxygen atoms in total. The van der Waals surface area contributed by atoms with E-state index in [0.717, 1.165) is 5.69 Å². The summed E-state index contributed by atoms with van der Waals surface area (Å²) in [6, 6.07) is 8.03. The van der Waals surface area contributed by atoms with Gasteiger partial charge in [0.1, 0.15) is 6.04 Å². The lowest BCUT2D eigenvalue weighted by atomic mass is 9.92. The largest absolute Gasteiger partial charge is 0.399 e. The van der Waals surface area contributed by atoms with E-state index < -0.39 is 6.04 Å². The van der Waals surface area contributed by atoms with Gasteiger partial charge in [-0.15, -0.1) is 0 Å². The minimum absolute atomic E-state index is 0.0853. The molecule has 1 atom stereocenters. The maximum atomic E-state index is 12.7. The van der Waals surface area contributed by atoms with Crippen LogP contribution in [-0.4, -0.2) is 23.0 Å². The highest BCUT2D eigenvalue weighted by atomic mass is 16.5. The number of anilines is 3. The molecule has 1 aliphatic heterocycles. The van der Waals surface area contributed by atoms with Gasteiger partial charge in [0.2, 0.25) is 17.7 Å². The Labute approximate surface area is 146 Å². The van der Waals surface area contributed by atoms with E-state index in [9.17, 15) is 9.59 Å². The Balaban J connectivity index is 1.77. The Bertz CT molecular complexity index is 789. The summed E-state index contributed by atoms with van der Waals surface area (Å²) >= 11 is 0. The predicted molar refractivity (Wildman–Crippen MR) is 95.2 cm³/mol. The first kappa shape index (κ1) is 17.0. The van der Waals surface area contributed by atoms with Crippen molar-refractivity contribution in [3.05, 3.63) is 36.0 Å². The summed E-state index contributed by atoms with van der Waals surface area (Å²) in [6.07, 6.45) is 0.779. The Morgan fingerprint density at radius 3 is 2.60 bits per heavy atom. The zero-order valence-corrected chi connectivity index (χ0v) is 14.6. The quantitative estimate of drug-likeness (QED) is 0.835. The molecule has 0 aliphatic carbocycles. The van der Waals surface area contributed by atoms with E-state index in [1.165, 1.54) is 4.90 Å². The van der Waals surface area contributed by atoms with Crippen molar-refractivity contribution in [3.8, 4) is 0 Å². The molecule has 1 fully saturated rings. The number of nitrogens with one attached hydrogen (secondary N) is 1. The average molecular weight is 342 g/mol. The molecule has 7 heteroatoms. The second-order valence-corrected chi connectivity index (χ2v) is 7.23. The van der Waals surface area contributed by atoms with Crippen molar-refractivity contribution in [2.45, 2.75) is 45.1 Å². The molecule has 25 heavy (non-hydrogen) atoms. The van der Waals surface area contributed by atoms with Gasteiger partial charge < -0.3 is 10.3 Å². The fourth-order valence-electron chi connectivity index (χ4n) is 2.78. The van der Waals surface area contributed by atoms with Gasteiger partial charge in [0.25, 0.3) is 0 Å². The van der Waals surface area contributed by atoms with Crippen LogP contribution in [0.25, 0.3) is 0 Å². The molecule has 3 rings (SSSR count). The van der Waals surface area contributed by atoms with Gasteiger partial charge in [-0.1, -0.05) is 25.9 Å². The number of benzene rings is 1. The minimum atomic E-state index is -0.584. The van der Waals surface area contributed by atoms with Crippen LogP contribution in [0, 0.1) is 0 Å². The number of amides is 2. The van der Waals surface area contributed by atoms with Crippen LogP contribution in [0.2, 0.25) is 0 Å². The number of nitrogens with zero attached hydrogens (tertiary/aromatic N) is 2. The Morgan fingerprint density at radius 2 is 2.00 bits per heavy atom. The number of hydrogen-bond donors (Lipinski definition) is 2. The molecule has 0 unspecified atom stereocenters. The lowest BCUT2D eigenvalue weighted by Crippen LogP contribution is -2.41. The van der Waals surface area contributed by atoms with Crippen molar-refractivity contribution in [1.82, 2.24) is 5.16 Å². The first-order chi connectivity index (χ1) is 11.8. The van der Waals surface area contributed by atoms with E-state index in [-0.39, 0.29) is 23.1 Å². The second-order valence-electron chi connectivity index (χ2n) is 7.23. The smallest absolute Gasteiger partial charge is 0.249 e. The third-order valence-electron chi connectivity index (χ3n) is 4.21. The van der Waals surface area contributed by atoms with Crippen molar-refractivity contribution in [3.63, 3.8) is 0 Å². The van der Waals surface area contributed by atoms with Gasteiger partial charge in [0, 0.05) is 29.3 Å². The number of rotatable bonds is 3. The van der Waals surface area contributed by atoms with Crippen molar-refractivity contribution >= 4 is 29.1 Å². The topological polar surface area (TPSA) is 101 Å². The normalized spacial score (nSPS) is 17.8. The summed E-state index contributed by atoms with van der Waals surface area (Å²) in [7, 11) is 0. The Hall–Kier alpha value is -2.83. The molecule has 132 valence electrons. The summed E-state index contributed by atoms with van der Waals surface area (Å²) in [6.45, 7) is 6.03. The monoisotopic (exact) mass is 342 g/mol. The van der Waals surface area contributed by atoms with Gasteiger partial charge in [-0.2, -0.15) is 0 Å². The van der Waals surface area contributed by atoms with Gasteiger partial charge in [0.05, 0.1) is 5.69 Å². The molecule has 2 amide bonds. The van der Waals surface area contributed by atoms with Gasteiger partial charge in [0.15, 0.2) is 0 Å². The highest BCUT2D eigenvalue weighted by Gasteiger charge is 2.37. The molecule has 1 aliphatic rings. The van der Waals surface area contributed by atoms with E-state index in [0.29, 0.717) is 24.2 Å². The van der Waals surface area contributed by atoms with Crippen LogP contribution in [0.15, 0.2) is 34.9 Å². The van der Waals surface area contributed by atoms with Crippen LogP contribution >= 0.6 is 0 Å². The first-order valence-corrected chi connectivity index (χ1v) is 8.21. The van der Waals surface area contributed by atoms with Crippen LogP contribution in [0.3, 0.4) is 0 Å². The van der Waals surface area contributed by atoms with E-state index in [4.69, 9.17) is 10.3 Å². The van der Waals surface area contributed by atoms with Crippen LogP contribution in [0.4, 0.5) is 17.3 Å². The van der Waals surface area contributed by atoms with Crippen LogP contribution in [0.1, 0.15) is 39.3 Å². The summed E-state index contributed by atoms with van der Waals surface area (Å²) in [5, 5.41) is 6.71. The molecular weight excluding hydrogens is 320 g/mol. The zero-order valence-electron chi connectivity index (χ0n) is 14.6. The Kier molecular flexibility index (Phi) is 4.24. The van der Waals surface area contributed by atoms with Gasteiger partial charge in [-0.05, 0) is 30.7 Å². The SMILES string of the molecule is CC(C)(C)c1cc(NC(=O)[C@@H]2CCC(=O)N2c2ccc(N)cc2)on1. The zero-order chi connectivity index (χ0) is 18.2. The number of hydrogen-bond acceptors (Lipinski definition) is 5. The Morgan fingerprint density at radius 1 is 1.32 bits per heavy atom. The number of nitrogens with two attached hydrogens (primary N) is 1. The van der Waals surface area contributed by atoms with Crippen LogP contribution in [0.5, 0.6) is 0 Å². The summed E-state index contributed by atoms with van der Waals surface area (Å²) in [5.41, 5.74) is 7.53. The molecule has 0 spiro atoms. The van der Waals surface area contributed by atoms with Gasteiger partial charge >= 0.3 is 0 Å². The van der Waals surface area contributed by atoms with Gasteiger partial charge in [-0.25, -0.2) is 0 Å². The molecule has 2 aromatic rings. The number of carbonyl (C=O) groups excluding carboxylic acids is 2. The summed E-state index contributed by atoms with van der Waals surface area (Å²) < 4.78 is 5.20. The fraction of sp³-hybridized carbons (Fsp3) is 0.389. The molecule has 3 N–H and O–H groups in total. The molecule has 0 bridgehead atoms. The van der Waals surface area contributed by atoms with E-state index in [2.05, 4.69) is 10.5 Å². The third-order valence-corrected chi connectivity index (χ3v) is 4.21. The second kappa shape index (κ2) is 6.23. The molecule has 0 saturated carbocycles. The highest BCUT2D eigenvalue weighted by molar-refractivity contribution is 6.07. The van der Waals surface area contributed by atoms with Crippen molar-refractivity contribution in [2.75, 3.05) is 16.0 Å². The predicted octanol–water partition coefficient (Wildman–Crippen LogP) is 2.69. The van der Waals surface area contributed by atoms with Crippen LogP contribution < -0.4 is 16.0 Å². The average Bonchev–Trinajstić information content (AvgIpc) is 3.15. The molecule has 1 aromatic heterocycles. The number of aromatic nitrogens is 1. The third kappa shape index (κ3) is 3.50.